The highest BCUT2D eigenvalue weighted by atomic mass is 16.5. The quantitative estimate of drug-likeness (QED) is 0.819. The van der Waals surface area contributed by atoms with Gasteiger partial charge in [-0.1, -0.05) is 30.3 Å². The van der Waals surface area contributed by atoms with Crippen LogP contribution in [0.1, 0.15) is 35.7 Å². The molecule has 3 N–H and O–H groups in total. The van der Waals surface area contributed by atoms with E-state index >= 15 is 0 Å². The zero-order valence-corrected chi connectivity index (χ0v) is 14.5. The first-order chi connectivity index (χ1) is 11.5. The lowest BCUT2D eigenvalue weighted by molar-refractivity contribution is -0.120. The monoisotopic (exact) mass is 328 g/mol. The molecule has 2 atom stereocenters. The maximum atomic E-state index is 11.9. The van der Waals surface area contributed by atoms with Crippen LogP contribution in [0.5, 0.6) is 11.5 Å². The van der Waals surface area contributed by atoms with E-state index in [1.165, 1.54) is 0 Å². The summed E-state index contributed by atoms with van der Waals surface area (Å²) in [6, 6.07) is 12.6. The molecule has 0 fully saturated rings. The van der Waals surface area contributed by atoms with Crippen molar-refractivity contribution in [2.75, 3.05) is 14.2 Å². The van der Waals surface area contributed by atoms with Crippen molar-refractivity contribution >= 4 is 5.91 Å². The second-order valence-corrected chi connectivity index (χ2v) is 5.70. The highest BCUT2D eigenvalue weighted by Gasteiger charge is 2.22. The molecule has 0 aliphatic carbocycles. The van der Waals surface area contributed by atoms with E-state index in [0.29, 0.717) is 11.5 Å². The number of methoxy groups -OCH3 is 2. The molecule has 1 amide bonds. The van der Waals surface area contributed by atoms with Gasteiger partial charge in [0, 0.05) is 6.04 Å². The third kappa shape index (κ3) is 3.86. The molecule has 24 heavy (non-hydrogen) atoms. The molecule has 2 rings (SSSR count). The average Bonchev–Trinajstić information content (AvgIpc) is 2.59. The lowest BCUT2D eigenvalue weighted by Gasteiger charge is -2.24. The molecule has 0 spiro atoms. The molecule has 128 valence electrons. The van der Waals surface area contributed by atoms with Gasteiger partial charge in [-0.25, -0.2) is 0 Å². The van der Waals surface area contributed by atoms with Crippen LogP contribution >= 0.6 is 0 Å². The smallest absolute Gasteiger partial charge is 0.239 e. The summed E-state index contributed by atoms with van der Waals surface area (Å²) in [5, 5.41) is 3.31. The second kappa shape index (κ2) is 7.84. The Balaban J connectivity index is 2.31. The molecule has 0 saturated carbocycles. The van der Waals surface area contributed by atoms with Crippen LogP contribution in [0, 0.1) is 6.92 Å². The van der Waals surface area contributed by atoms with Crippen molar-refractivity contribution in [2.45, 2.75) is 25.9 Å². The molecule has 0 bridgehead atoms. The van der Waals surface area contributed by atoms with Gasteiger partial charge in [0.25, 0.3) is 0 Å². The Morgan fingerprint density at radius 2 is 1.67 bits per heavy atom. The van der Waals surface area contributed by atoms with Gasteiger partial charge in [0.15, 0.2) is 11.5 Å². The molecule has 0 unspecified atom stereocenters. The van der Waals surface area contributed by atoms with E-state index in [0.717, 1.165) is 16.7 Å². The standard InChI is InChI=1S/C19H24N2O3/c1-12-10-16(23-3)17(24-4)11-15(12)13(2)21-18(19(20)22)14-8-6-5-7-9-14/h5-11,13,18,21H,1-4H3,(H2,20,22)/t13-,18-/m1/s1. The van der Waals surface area contributed by atoms with Crippen LogP contribution < -0.4 is 20.5 Å². The molecule has 2 aromatic rings. The number of hydrogen-bond acceptors (Lipinski definition) is 4. The minimum Gasteiger partial charge on any atom is -0.493 e. The molecule has 0 aliphatic heterocycles. The third-order valence-electron chi connectivity index (χ3n) is 4.07. The number of benzene rings is 2. The Hall–Kier alpha value is -2.53. The fraction of sp³-hybridized carbons (Fsp3) is 0.316. The van der Waals surface area contributed by atoms with Gasteiger partial charge in [0.05, 0.1) is 14.2 Å². The summed E-state index contributed by atoms with van der Waals surface area (Å²) in [6.07, 6.45) is 0. The Bertz CT molecular complexity index is 701. The molecule has 0 aliphatic rings. The zero-order valence-electron chi connectivity index (χ0n) is 14.5. The molecule has 0 radical (unpaired) electrons. The van der Waals surface area contributed by atoms with Gasteiger partial charge in [-0.05, 0) is 42.7 Å². The van der Waals surface area contributed by atoms with E-state index in [2.05, 4.69) is 5.32 Å². The number of amides is 1. The molecule has 5 heteroatoms. The van der Waals surface area contributed by atoms with Gasteiger partial charge >= 0.3 is 0 Å². The minimum atomic E-state index is -0.561. The normalized spacial score (nSPS) is 13.2. The Kier molecular flexibility index (Phi) is 5.82. The first-order valence-electron chi connectivity index (χ1n) is 7.80. The number of hydrogen-bond donors (Lipinski definition) is 2. The maximum Gasteiger partial charge on any atom is 0.239 e. The van der Waals surface area contributed by atoms with Crippen molar-refractivity contribution < 1.29 is 14.3 Å². The SMILES string of the molecule is COc1cc(C)c([C@@H](C)N[C@@H](C(N)=O)c2ccccc2)cc1OC. The summed E-state index contributed by atoms with van der Waals surface area (Å²) in [5.74, 6) is 0.925. The van der Waals surface area contributed by atoms with E-state index in [-0.39, 0.29) is 6.04 Å². The average molecular weight is 328 g/mol. The lowest BCUT2D eigenvalue weighted by atomic mass is 9.99. The Morgan fingerprint density at radius 1 is 1.08 bits per heavy atom. The number of primary amides is 1. The molecule has 0 saturated heterocycles. The fourth-order valence-electron chi connectivity index (χ4n) is 2.79. The summed E-state index contributed by atoms with van der Waals surface area (Å²) in [7, 11) is 3.21. The van der Waals surface area contributed by atoms with Crippen molar-refractivity contribution in [1.82, 2.24) is 5.32 Å². The maximum absolute atomic E-state index is 11.9. The predicted molar refractivity (Wildman–Crippen MR) is 94.2 cm³/mol. The topological polar surface area (TPSA) is 73.6 Å². The molecular weight excluding hydrogens is 304 g/mol. The van der Waals surface area contributed by atoms with E-state index < -0.39 is 11.9 Å². The van der Waals surface area contributed by atoms with Crippen LogP contribution in [0.4, 0.5) is 0 Å². The number of carbonyl (C=O) groups is 1. The van der Waals surface area contributed by atoms with Crippen LogP contribution in [-0.4, -0.2) is 20.1 Å². The predicted octanol–water partition coefficient (Wildman–Crippen LogP) is 2.89. The minimum absolute atomic E-state index is 0.0949. The number of nitrogens with two attached hydrogens (primary N) is 1. The van der Waals surface area contributed by atoms with Gasteiger partial charge in [0.2, 0.25) is 5.91 Å². The Morgan fingerprint density at radius 3 is 2.21 bits per heavy atom. The highest BCUT2D eigenvalue weighted by molar-refractivity contribution is 5.81. The van der Waals surface area contributed by atoms with Crippen molar-refractivity contribution in [3.63, 3.8) is 0 Å². The largest absolute Gasteiger partial charge is 0.493 e. The van der Waals surface area contributed by atoms with Gasteiger partial charge in [-0.15, -0.1) is 0 Å². The van der Waals surface area contributed by atoms with Gasteiger partial charge < -0.3 is 15.2 Å². The highest BCUT2D eigenvalue weighted by Crippen LogP contribution is 2.33. The number of aryl methyl sites for hydroxylation is 1. The van der Waals surface area contributed by atoms with Crippen molar-refractivity contribution in [3.05, 3.63) is 59.2 Å². The van der Waals surface area contributed by atoms with Gasteiger partial charge in [0.1, 0.15) is 6.04 Å². The number of rotatable bonds is 7. The van der Waals surface area contributed by atoms with Crippen LogP contribution in [0.15, 0.2) is 42.5 Å². The fourth-order valence-corrected chi connectivity index (χ4v) is 2.79. The second-order valence-electron chi connectivity index (χ2n) is 5.70. The van der Waals surface area contributed by atoms with Gasteiger partial charge in [-0.2, -0.15) is 0 Å². The van der Waals surface area contributed by atoms with Crippen molar-refractivity contribution in [1.29, 1.82) is 0 Å². The van der Waals surface area contributed by atoms with E-state index in [4.69, 9.17) is 15.2 Å². The molecule has 5 nitrogen and oxygen atoms in total. The third-order valence-corrected chi connectivity index (χ3v) is 4.07. The van der Waals surface area contributed by atoms with Gasteiger partial charge in [-0.3, -0.25) is 10.1 Å². The molecule has 0 heterocycles. The summed E-state index contributed by atoms with van der Waals surface area (Å²) in [4.78, 5) is 11.9. The first kappa shape index (κ1) is 17.8. The lowest BCUT2D eigenvalue weighted by Crippen LogP contribution is -2.35. The van der Waals surface area contributed by atoms with Crippen molar-refractivity contribution in [2.24, 2.45) is 5.73 Å². The van der Waals surface area contributed by atoms with E-state index in [1.54, 1.807) is 14.2 Å². The van der Waals surface area contributed by atoms with E-state index in [1.807, 2.05) is 56.3 Å². The molecule has 2 aromatic carbocycles. The van der Waals surface area contributed by atoms with Crippen LogP contribution in [-0.2, 0) is 4.79 Å². The Labute approximate surface area is 142 Å². The van der Waals surface area contributed by atoms with Crippen LogP contribution in [0.2, 0.25) is 0 Å². The van der Waals surface area contributed by atoms with Crippen molar-refractivity contribution in [3.8, 4) is 11.5 Å². The molecule has 0 aromatic heterocycles. The van der Waals surface area contributed by atoms with Crippen LogP contribution in [0.25, 0.3) is 0 Å². The number of carbonyl (C=O) groups excluding carboxylic acids is 1. The number of ether oxygens (including phenoxy) is 2. The number of nitrogens with one attached hydrogen (secondary N) is 1. The summed E-state index contributed by atoms with van der Waals surface area (Å²) in [5.41, 5.74) is 8.50. The van der Waals surface area contributed by atoms with Crippen LogP contribution in [0.3, 0.4) is 0 Å². The van der Waals surface area contributed by atoms with E-state index in [9.17, 15) is 4.79 Å². The summed E-state index contributed by atoms with van der Waals surface area (Å²) < 4.78 is 10.7. The first-order valence-corrected chi connectivity index (χ1v) is 7.80. The summed E-state index contributed by atoms with van der Waals surface area (Å²) in [6.45, 7) is 3.99. The summed E-state index contributed by atoms with van der Waals surface area (Å²) >= 11 is 0. The zero-order chi connectivity index (χ0) is 17.7. The molecular formula is C19H24N2O3.